The van der Waals surface area contributed by atoms with Crippen LogP contribution in [0.25, 0.3) is 0 Å². The van der Waals surface area contributed by atoms with Crippen LogP contribution in [-0.2, 0) is 11.2 Å². The van der Waals surface area contributed by atoms with Crippen LogP contribution in [0.1, 0.15) is 30.0 Å². The Morgan fingerprint density at radius 3 is 2.87 bits per heavy atom. The molecule has 0 bridgehead atoms. The molecule has 2 aliphatic heterocycles. The zero-order valence-electron chi connectivity index (χ0n) is 13.9. The molecule has 2 N–H and O–H groups in total. The van der Waals surface area contributed by atoms with E-state index in [4.69, 9.17) is 0 Å². The number of benzene rings is 1. The number of carbonyl (C=O) groups is 1. The first-order valence-electron chi connectivity index (χ1n) is 8.61. The lowest BCUT2D eigenvalue weighted by Gasteiger charge is -2.34. The molecular weight excluding hydrogens is 306 g/mol. The van der Waals surface area contributed by atoms with E-state index in [1.165, 1.54) is 23.3 Å². The molecule has 0 saturated carbocycles. The molecule has 3 rings (SSSR count). The zero-order chi connectivity index (χ0) is 16.1. The molecule has 0 spiro atoms. The standard InChI is InChI=1S/C18H27N3OS/c1-19-18(22)12-21-9-6-15(7-10-21)20-17-13-23-11-8-14-4-2-3-5-16(14)17/h2-5,15,17,20H,6-13H2,1H3,(H,19,22)/t17-/m0/s1. The summed E-state index contributed by atoms with van der Waals surface area (Å²) >= 11 is 2.06. The van der Waals surface area contributed by atoms with Crippen LogP contribution in [0.3, 0.4) is 0 Å². The Balaban J connectivity index is 1.55. The van der Waals surface area contributed by atoms with Gasteiger partial charge in [0.2, 0.25) is 5.91 Å². The number of rotatable bonds is 4. The van der Waals surface area contributed by atoms with Crippen molar-refractivity contribution in [1.82, 2.24) is 15.5 Å². The summed E-state index contributed by atoms with van der Waals surface area (Å²) in [6.45, 7) is 2.55. The Bertz CT molecular complexity index is 529. The maximum atomic E-state index is 11.5. The summed E-state index contributed by atoms with van der Waals surface area (Å²) in [5, 5.41) is 6.60. The zero-order valence-corrected chi connectivity index (χ0v) is 14.7. The first-order valence-corrected chi connectivity index (χ1v) is 9.76. The van der Waals surface area contributed by atoms with Gasteiger partial charge in [0.25, 0.3) is 0 Å². The van der Waals surface area contributed by atoms with Crippen molar-refractivity contribution in [3.05, 3.63) is 35.4 Å². The van der Waals surface area contributed by atoms with E-state index >= 15 is 0 Å². The molecule has 0 aliphatic carbocycles. The summed E-state index contributed by atoms with van der Waals surface area (Å²) in [4.78, 5) is 13.7. The number of amides is 1. The van der Waals surface area contributed by atoms with Crippen molar-refractivity contribution in [2.75, 3.05) is 38.2 Å². The molecule has 1 aromatic rings. The van der Waals surface area contributed by atoms with Crippen LogP contribution in [0.4, 0.5) is 0 Å². The highest BCUT2D eigenvalue weighted by Crippen LogP contribution is 2.28. The van der Waals surface area contributed by atoms with E-state index in [0.717, 1.165) is 31.7 Å². The average Bonchev–Trinajstić information content (AvgIpc) is 2.79. The topological polar surface area (TPSA) is 44.4 Å². The summed E-state index contributed by atoms with van der Waals surface area (Å²) in [5.74, 6) is 2.50. The Morgan fingerprint density at radius 1 is 1.30 bits per heavy atom. The van der Waals surface area contributed by atoms with Crippen molar-refractivity contribution in [2.45, 2.75) is 31.3 Å². The second kappa shape index (κ2) is 8.18. The highest BCUT2D eigenvalue weighted by atomic mass is 32.2. The highest BCUT2D eigenvalue weighted by molar-refractivity contribution is 7.99. The van der Waals surface area contributed by atoms with E-state index in [0.29, 0.717) is 18.6 Å². The van der Waals surface area contributed by atoms with Gasteiger partial charge in [0.1, 0.15) is 0 Å². The van der Waals surface area contributed by atoms with Crippen molar-refractivity contribution < 1.29 is 4.79 Å². The number of aryl methyl sites for hydroxylation is 1. The van der Waals surface area contributed by atoms with E-state index in [9.17, 15) is 4.79 Å². The first kappa shape index (κ1) is 16.8. The molecule has 1 atom stereocenters. The highest BCUT2D eigenvalue weighted by Gasteiger charge is 2.25. The molecule has 1 aromatic carbocycles. The van der Waals surface area contributed by atoms with Gasteiger partial charge in [0, 0.05) is 38.0 Å². The smallest absolute Gasteiger partial charge is 0.233 e. The van der Waals surface area contributed by atoms with Crippen LogP contribution in [0, 0.1) is 0 Å². The van der Waals surface area contributed by atoms with Gasteiger partial charge in [-0.2, -0.15) is 11.8 Å². The molecule has 4 nitrogen and oxygen atoms in total. The van der Waals surface area contributed by atoms with Gasteiger partial charge in [0.15, 0.2) is 0 Å². The predicted octanol–water partition coefficient (Wildman–Crippen LogP) is 1.82. The van der Waals surface area contributed by atoms with Crippen molar-refractivity contribution in [2.24, 2.45) is 0 Å². The number of nitrogens with zero attached hydrogens (tertiary/aromatic N) is 1. The molecule has 2 aliphatic rings. The second-order valence-corrected chi connectivity index (χ2v) is 7.62. The van der Waals surface area contributed by atoms with Crippen molar-refractivity contribution in [3.8, 4) is 0 Å². The summed E-state index contributed by atoms with van der Waals surface area (Å²) in [7, 11) is 1.71. The number of carbonyl (C=O) groups excluding carboxylic acids is 1. The Kier molecular flexibility index (Phi) is 5.97. The van der Waals surface area contributed by atoms with E-state index < -0.39 is 0 Å². The average molecular weight is 334 g/mol. The number of thioether (sulfide) groups is 1. The van der Waals surface area contributed by atoms with E-state index in [1.54, 1.807) is 7.05 Å². The summed E-state index contributed by atoms with van der Waals surface area (Å²) < 4.78 is 0. The second-order valence-electron chi connectivity index (χ2n) is 6.47. The molecule has 0 aromatic heterocycles. The molecule has 0 unspecified atom stereocenters. The molecule has 5 heteroatoms. The van der Waals surface area contributed by atoms with Crippen LogP contribution >= 0.6 is 11.8 Å². The molecule has 1 fully saturated rings. The molecule has 2 heterocycles. The summed E-state index contributed by atoms with van der Waals surface area (Å²) in [6.07, 6.45) is 3.43. The van der Waals surface area contributed by atoms with Gasteiger partial charge in [-0.05, 0) is 36.1 Å². The third-order valence-electron chi connectivity index (χ3n) is 4.90. The molecule has 1 amide bonds. The summed E-state index contributed by atoms with van der Waals surface area (Å²) in [5.41, 5.74) is 3.00. The Hall–Kier alpha value is -1.04. The first-order chi connectivity index (χ1) is 11.3. The number of likely N-dealkylation sites (tertiary alicyclic amines) is 1. The molecule has 0 radical (unpaired) electrons. The minimum Gasteiger partial charge on any atom is -0.358 e. The minimum atomic E-state index is 0.116. The minimum absolute atomic E-state index is 0.116. The third-order valence-corrected chi connectivity index (χ3v) is 5.96. The van der Waals surface area contributed by atoms with E-state index in [1.807, 2.05) is 0 Å². The number of likely N-dealkylation sites (N-methyl/N-ethyl adjacent to an activating group) is 1. The van der Waals surface area contributed by atoms with E-state index in [-0.39, 0.29) is 5.91 Å². The number of nitrogens with one attached hydrogen (secondary N) is 2. The fourth-order valence-corrected chi connectivity index (χ4v) is 4.58. The normalized spacial score (nSPS) is 23.1. The third kappa shape index (κ3) is 4.49. The number of hydrogen-bond acceptors (Lipinski definition) is 4. The SMILES string of the molecule is CNC(=O)CN1CCC(N[C@H]2CSCCc3ccccc32)CC1. The van der Waals surface area contributed by atoms with Crippen LogP contribution in [0.15, 0.2) is 24.3 Å². The van der Waals surface area contributed by atoms with Crippen LogP contribution in [-0.4, -0.2) is 55.0 Å². The quantitative estimate of drug-likeness (QED) is 0.882. The van der Waals surface area contributed by atoms with Gasteiger partial charge in [-0.1, -0.05) is 24.3 Å². The van der Waals surface area contributed by atoms with Crippen molar-refractivity contribution >= 4 is 17.7 Å². The van der Waals surface area contributed by atoms with Gasteiger partial charge in [-0.3, -0.25) is 9.69 Å². The van der Waals surface area contributed by atoms with Gasteiger partial charge in [-0.15, -0.1) is 0 Å². The van der Waals surface area contributed by atoms with E-state index in [2.05, 4.69) is 51.6 Å². The van der Waals surface area contributed by atoms with Crippen LogP contribution < -0.4 is 10.6 Å². The fraction of sp³-hybridized carbons (Fsp3) is 0.611. The van der Waals surface area contributed by atoms with Crippen LogP contribution in [0.2, 0.25) is 0 Å². The van der Waals surface area contributed by atoms with Gasteiger partial charge >= 0.3 is 0 Å². The molecule has 1 saturated heterocycles. The number of hydrogen-bond donors (Lipinski definition) is 2. The summed E-state index contributed by atoms with van der Waals surface area (Å²) in [6, 6.07) is 9.92. The maximum absolute atomic E-state index is 11.5. The fourth-order valence-electron chi connectivity index (χ4n) is 3.54. The van der Waals surface area contributed by atoms with Gasteiger partial charge in [0.05, 0.1) is 6.54 Å². The largest absolute Gasteiger partial charge is 0.358 e. The lowest BCUT2D eigenvalue weighted by atomic mass is 9.97. The predicted molar refractivity (Wildman–Crippen MR) is 96.9 cm³/mol. The van der Waals surface area contributed by atoms with Gasteiger partial charge in [-0.25, -0.2) is 0 Å². The van der Waals surface area contributed by atoms with Crippen molar-refractivity contribution in [1.29, 1.82) is 0 Å². The molecule has 23 heavy (non-hydrogen) atoms. The Morgan fingerprint density at radius 2 is 2.09 bits per heavy atom. The maximum Gasteiger partial charge on any atom is 0.233 e. The molecular formula is C18H27N3OS. The lowest BCUT2D eigenvalue weighted by molar-refractivity contribution is -0.122. The lowest BCUT2D eigenvalue weighted by Crippen LogP contribution is -2.46. The van der Waals surface area contributed by atoms with Crippen molar-refractivity contribution in [3.63, 3.8) is 0 Å². The van der Waals surface area contributed by atoms with Crippen LogP contribution in [0.5, 0.6) is 0 Å². The molecule has 126 valence electrons. The Labute approximate surface area is 143 Å². The monoisotopic (exact) mass is 333 g/mol. The number of fused-ring (bicyclic) bond motifs is 1. The van der Waals surface area contributed by atoms with Gasteiger partial charge < -0.3 is 10.6 Å². The number of piperidine rings is 1.